The molecule has 1 aliphatic rings. The van der Waals surface area contributed by atoms with E-state index in [1.165, 1.54) is 0 Å². The van der Waals surface area contributed by atoms with E-state index in [4.69, 9.17) is 5.11 Å². The van der Waals surface area contributed by atoms with Gasteiger partial charge in [0.25, 0.3) is 0 Å². The second kappa shape index (κ2) is 3.87. The standard InChI is InChI=1S/C13H15NO3/c1-13(2,12(16)17)7-8-3-4-9-6-11(15)14-10(9)5-8/h3-5H,6-7H2,1-2H3,(H,14,15)(H,16,17). The number of nitrogens with one attached hydrogen (secondary N) is 1. The average Bonchev–Trinajstić information content (AvgIpc) is 2.56. The normalized spacial score (nSPS) is 14.4. The van der Waals surface area contributed by atoms with Crippen molar-refractivity contribution < 1.29 is 14.7 Å². The summed E-state index contributed by atoms with van der Waals surface area (Å²) in [5.41, 5.74) is 1.93. The Balaban J connectivity index is 2.22. The van der Waals surface area contributed by atoms with Gasteiger partial charge in [-0.2, -0.15) is 0 Å². The number of carbonyl (C=O) groups is 2. The molecule has 1 aromatic carbocycles. The molecule has 4 nitrogen and oxygen atoms in total. The Bertz CT molecular complexity index is 491. The molecule has 0 aromatic heterocycles. The summed E-state index contributed by atoms with van der Waals surface area (Å²) in [4.78, 5) is 22.2. The Morgan fingerprint density at radius 1 is 1.47 bits per heavy atom. The van der Waals surface area contributed by atoms with Crippen LogP contribution in [0.1, 0.15) is 25.0 Å². The summed E-state index contributed by atoms with van der Waals surface area (Å²) in [6, 6.07) is 5.65. The zero-order valence-electron chi connectivity index (χ0n) is 9.91. The molecule has 0 saturated carbocycles. The van der Waals surface area contributed by atoms with Gasteiger partial charge in [-0.25, -0.2) is 0 Å². The van der Waals surface area contributed by atoms with Crippen molar-refractivity contribution >= 4 is 17.6 Å². The van der Waals surface area contributed by atoms with E-state index in [1.54, 1.807) is 13.8 Å². The second-order valence-electron chi connectivity index (χ2n) is 5.08. The minimum absolute atomic E-state index is 0.00496. The van der Waals surface area contributed by atoms with Gasteiger partial charge in [-0.15, -0.1) is 0 Å². The molecule has 1 amide bonds. The molecular formula is C13H15NO3. The van der Waals surface area contributed by atoms with Gasteiger partial charge >= 0.3 is 5.97 Å². The molecule has 0 spiro atoms. The predicted octanol–water partition coefficient (Wildman–Crippen LogP) is 1.83. The van der Waals surface area contributed by atoms with Crippen LogP contribution >= 0.6 is 0 Å². The van der Waals surface area contributed by atoms with Crippen molar-refractivity contribution in [2.75, 3.05) is 5.32 Å². The molecule has 4 heteroatoms. The highest BCUT2D eigenvalue weighted by atomic mass is 16.4. The fourth-order valence-electron chi connectivity index (χ4n) is 1.96. The van der Waals surface area contributed by atoms with Crippen LogP contribution in [0.3, 0.4) is 0 Å². The lowest BCUT2D eigenvalue weighted by molar-refractivity contribution is -0.146. The number of rotatable bonds is 3. The number of benzene rings is 1. The van der Waals surface area contributed by atoms with E-state index in [-0.39, 0.29) is 5.91 Å². The van der Waals surface area contributed by atoms with E-state index < -0.39 is 11.4 Å². The Kier molecular flexibility index (Phi) is 2.65. The first-order valence-electron chi connectivity index (χ1n) is 5.53. The molecule has 0 fully saturated rings. The average molecular weight is 233 g/mol. The lowest BCUT2D eigenvalue weighted by Crippen LogP contribution is -2.26. The number of anilines is 1. The van der Waals surface area contributed by atoms with E-state index in [9.17, 15) is 9.59 Å². The zero-order valence-corrected chi connectivity index (χ0v) is 9.91. The van der Waals surface area contributed by atoms with E-state index in [0.717, 1.165) is 16.8 Å². The number of hydrogen-bond acceptors (Lipinski definition) is 2. The van der Waals surface area contributed by atoms with Gasteiger partial charge in [-0.3, -0.25) is 9.59 Å². The quantitative estimate of drug-likeness (QED) is 0.837. The maximum Gasteiger partial charge on any atom is 0.309 e. The maximum atomic E-state index is 11.2. The van der Waals surface area contributed by atoms with E-state index in [1.807, 2.05) is 18.2 Å². The maximum absolute atomic E-state index is 11.2. The third kappa shape index (κ3) is 2.30. The van der Waals surface area contributed by atoms with Crippen molar-refractivity contribution in [2.24, 2.45) is 5.41 Å². The van der Waals surface area contributed by atoms with Crippen LogP contribution in [0, 0.1) is 5.41 Å². The molecule has 17 heavy (non-hydrogen) atoms. The highest BCUT2D eigenvalue weighted by Gasteiger charge is 2.28. The van der Waals surface area contributed by atoms with Gasteiger partial charge in [0, 0.05) is 5.69 Å². The zero-order chi connectivity index (χ0) is 12.6. The Morgan fingerprint density at radius 2 is 2.18 bits per heavy atom. The summed E-state index contributed by atoms with van der Waals surface area (Å²) in [5.74, 6) is -0.823. The molecule has 0 saturated heterocycles. The number of carboxylic acids is 1. The van der Waals surface area contributed by atoms with Crippen LogP contribution in [0.2, 0.25) is 0 Å². The highest BCUT2D eigenvalue weighted by molar-refractivity contribution is 5.99. The summed E-state index contributed by atoms with van der Waals surface area (Å²) in [6.45, 7) is 3.39. The van der Waals surface area contributed by atoms with Crippen LogP contribution in [-0.2, 0) is 22.4 Å². The van der Waals surface area contributed by atoms with E-state index in [2.05, 4.69) is 5.32 Å². The third-order valence-corrected chi connectivity index (χ3v) is 3.02. The van der Waals surface area contributed by atoms with Crippen LogP contribution in [0.15, 0.2) is 18.2 Å². The summed E-state index contributed by atoms with van der Waals surface area (Å²) in [7, 11) is 0. The first kappa shape index (κ1) is 11.6. The molecular weight excluding hydrogens is 218 g/mol. The van der Waals surface area contributed by atoms with Crippen LogP contribution in [0.4, 0.5) is 5.69 Å². The molecule has 0 unspecified atom stereocenters. The number of aliphatic carboxylic acids is 1. The Morgan fingerprint density at radius 3 is 2.82 bits per heavy atom. The van der Waals surface area contributed by atoms with Gasteiger partial charge in [-0.1, -0.05) is 12.1 Å². The van der Waals surface area contributed by atoms with Gasteiger partial charge in [0.15, 0.2) is 0 Å². The van der Waals surface area contributed by atoms with Crippen molar-refractivity contribution in [2.45, 2.75) is 26.7 Å². The largest absolute Gasteiger partial charge is 0.481 e. The Labute approximate surface area is 99.6 Å². The monoisotopic (exact) mass is 233 g/mol. The summed E-state index contributed by atoms with van der Waals surface area (Å²) >= 11 is 0. The highest BCUT2D eigenvalue weighted by Crippen LogP contribution is 2.28. The van der Waals surface area contributed by atoms with Gasteiger partial charge < -0.3 is 10.4 Å². The van der Waals surface area contributed by atoms with Crippen LogP contribution in [-0.4, -0.2) is 17.0 Å². The second-order valence-corrected chi connectivity index (χ2v) is 5.08. The number of carbonyl (C=O) groups excluding carboxylic acids is 1. The SMILES string of the molecule is CC(C)(Cc1ccc2c(c1)NC(=O)C2)C(=O)O. The van der Waals surface area contributed by atoms with Gasteiger partial charge in [0.05, 0.1) is 11.8 Å². The number of hydrogen-bond donors (Lipinski definition) is 2. The fraction of sp³-hybridized carbons (Fsp3) is 0.385. The number of amides is 1. The fourth-order valence-corrected chi connectivity index (χ4v) is 1.96. The lowest BCUT2D eigenvalue weighted by Gasteiger charge is -2.19. The summed E-state index contributed by atoms with van der Waals surface area (Å²) in [5, 5.41) is 11.8. The Hall–Kier alpha value is -1.84. The van der Waals surface area contributed by atoms with Gasteiger partial charge in [-0.05, 0) is 37.5 Å². The summed E-state index contributed by atoms with van der Waals surface area (Å²) < 4.78 is 0. The van der Waals surface area contributed by atoms with Crippen molar-refractivity contribution in [1.29, 1.82) is 0 Å². The number of carboxylic acid groups (broad SMARTS) is 1. The van der Waals surface area contributed by atoms with Crippen LogP contribution in [0.5, 0.6) is 0 Å². The van der Waals surface area contributed by atoms with Gasteiger partial charge in [0.1, 0.15) is 0 Å². The molecule has 2 N–H and O–H groups in total. The first-order valence-corrected chi connectivity index (χ1v) is 5.53. The predicted molar refractivity (Wildman–Crippen MR) is 63.9 cm³/mol. The molecule has 0 aliphatic carbocycles. The van der Waals surface area contributed by atoms with Crippen LogP contribution in [0.25, 0.3) is 0 Å². The minimum Gasteiger partial charge on any atom is -0.481 e. The number of fused-ring (bicyclic) bond motifs is 1. The molecule has 2 rings (SSSR count). The molecule has 1 aliphatic heterocycles. The molecule has 1 aromatic rings. The third-order valence-electron chi connectivity index (χ3n) is 3.02. The topological polar surface area (TPSA) is 66.4 Å². The molecule has 0 radical (unpaired) electrons. The smallest absolute Gasteiger partial charge is 0.309 e. The van der Waals surface area contributed by atoms with E-state index in [0.29, 0.717) is 12.8 Å². The lowest BCUT2D eigenvalue weighted by atomic mass is 9.85. The minimum atomic E-state index is -0.818. The van der Waals surface area contributed by atoms with Crippen molar-refractivity contribution in [3.05, 3.63) is 29.3 Å². The molecule has 1 heterocycles. The first-order chi connectivity index (χ1) is 7.88. The van der Waals surface area contributed by atoms with Crippen molar-refractivity contribution in [1.82, 2.24) is 0 Å². The van der Waals surface area contributed by atoms with Gasteiger partial charge in [0.2, 0.25) is 5.91 Å². The molecule has 90 valence electrons. The molecule has 0 atom stereocenters. The summed E-state index contributed by atoms with van der Waals surface area (Å²) in [6.07, 6.45) is 0.865. The van der Waals surface area contributed by atoms with E-state index >= 15 is 0 Å². The van der Waals surface area contributed by atoms with Crippen molar-refractivity contribution in [3.63, 3.8) is 0 Å². The molecule has 0 bridgehead atoms. The van der Waals surface area contributed by atoms with Crippen molar-refractivity contribution in [3.8, 4) is 0 Å². The van der Waals surface area contributed by atoms with Crippen LogP contribution < -0.4 is 5.32 Å².